The van der Waals surface area contributed by atoms with Gasteiger partial charge in [0.25, 0.3) is 11.6 Å². The highest BCUT2D eigenvalue weighted by Gasteiger charge is 2.15. The molecule has 27 heavy (non-hydrogen) atoms. The number of anilines is 1. The summed E-state index contributed by atoms with van der Waals surface area (Å²) in [5.41, 5.74) is 0.331. The van der Waals surface area contributed by atoms with E-state index in [0.717, 1.165) is 6.07 Å². The molecular weight excluding hydrogens is 374 g/mol. The van der Waals surface area contributed by atoms with Gasteiger partial charge in [-0.3, -0.25) is 14.9 Å². The first-order chi connectivity index (χ1) is 12.8. The number of rotatable bonds is 5. The first-order valence-corrected chi connectivity index (χ1v) is 7.79. The average molecular weight is 386 g/mol. The number of halogens is 1. The van der Waals surface area contributed by atoms with Crippen LogP contribution in [0.1, 0.15) is 15.9 Å². The molecule has 0 saturated carbocycles. The van der Waals surface area contributed by atoms with Crippen molar-refractivity contribution in [1.82, 2.24) is 0 Å². The van der Waals surface area contributed by atoms with E-state index in [1.807, 2.05) is 0 Å². The highest BCUT2D eigenvalue weighted by Crippen LogP contribution is 2.27. The van der Waals surface area contributed by atoms with E-state index in [1.54, 1.807) is 6.07 Å². The molecule has 0 saturated heterocycles. The van der Waals surface area contributed by atoms with Crippen LogP contribution >= 0.6 is 11.6 Å². The van der Waals surface area contributed by atoms with Crippen molar-refractivity contribution in [1.29, 1.82) is 5.26 Å². The number of esters is 1. The molecule has 1 N–H and O–H groups in total. The molecule has 0 radical (unpaired) electrons. The molecule has 2 rings (SSSR count). The maximum absolute atomic E-state index is 12.3. The van der Waals surface area contributed by atoms with Crippen LogP contribution in [0.3, 0.4) is 0 Å². The summed E-state index contributed by atoms with van der Waals surface area (Å²) in [5, 5.41) is 22.5. The van der Waals surface area contributed by atoms with Gasteiger partial charge in [0.2, 0.25) is 0 Å². The summed E-state index contributed by atoms with van der Waals surface area (Å²) in [6, 6.07) is 11.4. The fourth-order valence-electron chi connectivity index (χ4n) is 2.06. The summed E-state index contributed by atoms with van der Waals surface area (Å²) in [6.07, 6.45) is 1.31. The Bertz CT molecular complexity index is 977. The summed E-state index contributed by atoms with van der Waals surface area (Å²) in [6.45, 7) is 0. The van der Waals surface area contributed by atoms with Crippen molar-refractivity contribution in [3.8, 4) is 6.07 Å². The number of nitro benzene ring substituents is 1. The third kappa shape index (κ3) is 4.90. The van der Waals surface area contributed by atoms with Gasteiger partial charge in [-0.05, 0) is 29.8 Å². The lowest BCUT2D eigenvalue weighted by molar-refractivity contribution is -0.384. The van der Waals surface area contributed by atoms with Gasteiger partial charge in [-0.25, -0.2) is 4.79 Å². The van der Waals surface area contributed by atoms with Crippen molar-refractivity contribution in [2.24, 2.45) is 0 Å². The van der Waals surface area contributed by atoms with E-state index in [9.17, 15) is 25.0 Å². The zero-order valence-corrected chi connectivity index (χ0v) is 14.7. The number of nitro groups is 1. The molecule has 2 aromatic carbocycles. The van der Waals surface area contributed by atoms with Gasteiger partial charge in [0.15, 0.2) is 0 Å². The van der Waals surface area contributed by atoms with Crippen LogP contribution in [0.5, 0.6) is 0 Å². The second-order valence-corrected chi connectivity index (χ2v) is 5.57. The molecule has 0 aromatic heterocycles. The second-order valence-electron chi connectivity index (χ2n) is 5.16. The van der Waals surface area contributed by atoms with Crippen LogP contribution in [0.15, 0.2) is 48.0 Å². The van der Waals surface area contributed by atoms with Crippen LogP contribution < -0.4 is 5.32 Å². The van der Waals surface area contributed by atoms with Gasteiger partial charge in [-0.1, -0.05) is 23.7 Å². The maximum atomic E-state index is 12.3. The number of hydrogen-bond acceptors (Lipinski definition) is 6. The van der Waals surface area contributed by atoms with Gasteiger partial charge in [-0.2, -0.15) is 5.26 Å². The van der Waals surface area contributed by atoms with E-state index in [2.05, 4.69) is 10.1 Å². The summed E-state index contributed by atoms with van der Waals surface area (Å²) in [7, 11) is 1.26. The lowest BCUT2D eigenvalue weighted by Gasteiger charge is -2.06. The number of ether oxygens (including phenoxy) is 1. The van der Waals surface area contributed by atoms with Gasteiger partial charge in [-0.15, -0.1) is 0 Å². The van der Waals surface area contributed by atoms with Crippen molar-refractivity contribution in [3.05, 3.63) is 74.3 Å². The highest BCUT2D eigenvalue weighted by molar-refractivity contribution is 6.34. The molecule has 0 spiro atoms. The fourth-order valence-corrected chi connectivity index (χ4v) is 2.23. The predicted molar refractivity (Wildman–Crippen MR) is 98.1 cm³/mol. The molecule has 0 aliphatic rings. The largest absolute Gasteiger partial charge is 0.465 e. The summed E-state index contributed by atoms with van der Waals surface area (Å²) in [4.78, 5) is 33.9. The van der Waals surface area contributed by atoms with E-state index in [1.165, 1.54) is 49.6 Å². The zero-order chi connectivity index (χ0) is 20.0. The third-order valence-electron chi connectivity index (χ3n) is 3.42. The number of amides is 1. The summed E-state index contributed by atoms with van der Waals surface area (Å²) < 4.78 is 4.59. The molecule has 0 atom stereocenters. The molecule has 1 amide bonds. The average Bonchev–Trinajstić information content (AvgIpc) is 2.67. The number of non-ortho nitro benzene ring substituents is 1. The fraction of sp³-hybridized carbons (Fsp3) is 0.0556. The topological polar surface area (TPSA) is 122 Å². The van der Waals surface area contributed by atoms with Crippen LogP contribution in [-0.4, -0.2) is 23.9 Å². The van der Waals surface area contributed by atoms with E-state index in [0.29, 0.717) is 11.1 Å². The number of methoxy groups -OCH3 is 1. The molecule has 0 aliphatic carbocycles. The zero-order valence-electron chi connectivity index (χ0n) is 13.9. The Balaban J connectivity index is 2.25. The molecule has 136 valence electrons. The van der Waals surface area contributed by atoms with Crippen LogP contribution in [0.2, 0.25) is 5.02 Å². The number of nitrogens with one attached hydrogen (secondary N) is 1. The minimum atomic E-state index is -0.781. The SMILES string of the molecule is COC(=O)c1ccc(C=C(C#N)C(=O)Nc2cc([N+](=O)[O-])ccc2Cl)cc1. The van der Waals surface area contributed by atoms with Crippen molar-refractivity contribution < 1.29 is 19.2 Å². The molecule has 0 fully saturated rings. The van der Waals surface area contributed by atoms with Crippen LogP contribution in [0.25, 0.3) is 6.08 Å². The highest BCUT2D eigenvalue weighted by atomic mass is 35.5. The Morgan fingerprint density at radius 2 is 1.93 bits per heavy atom. The normalized spacial score (nSPS) is 10.6. The monoisotopic (exact) mass is 385 g/mol. The maximum Gasteiger partial charge on any atom is 0.337 e. The van der Waals surface area contributed by atoms with Gasteiger partial charge in [0.1, 0.15) is 11.6 Å². The van der Waals surface area contributed by atoms with Crippen molar-refractivity contribution in [2.75, 3.05) is 12.4 Å². The molecule has 9 heteroatoms. The Morgan fingerprint density at radius 3 is 2.48 bits per heavy atom. The predicted octanol–water partition coefficient (Wildman–Crippen LogP) is 3.58. The lowest BCUT2D eigenvalue weighted by Crippen LogP contribution is -2.14. The Hall–Kier alpha value is -3.70. The third-order valence-corrected chi connectivity index (χ3v) is 3.75. The Kier molecular flexibility index (Phi) is 6.25. The summed E-state index contributed by atoms with van der Waals surface area (Å²) in [5.74, 6) is -1.29. The van der Waals surface area contributed by atoms with E-state index in [-0.39, 0.29) is 22.0 Å². The van der Waals surface area contributed by atoms with Crippen LogP contribution in [0.4, 0.5) is 11.4 Å². The van der Waals surface area contributed by atoms with Gasteiger partial charge >= 0.3 is 5.97 Å². The summed E-state index contributed by atoms with van der Waals surface area (Å²) >= 11 is 5.93. The smallest absolute Gasteiger partial charge is 0.337 e. The standard InChI is InChI=1S/C18H12ClN3O5/c1-27-18(24)12-4-2-11(3-5-12)8-13(10-20)17(23)21-16-9-14(22(25)26)6-7-15(16)19/h2-9H,1H3,(H,21,23). The second kappa shape index (κ2) is 8.60. The van der Waals surface area contributed by atoms with Crippen molar-refractivity contribution in [2.45, 2.75) is 0 Å². The van der Waals surface area contributed by atoms with Gasteiger partial charge < -0.3 is 10.1 Å². The van der Waals surface area contributed by atoms with Gasteiger partial charge in [0, 0.05) is 12.1 Å². The number of hydrogen-bond donors (Lipinski definition) is 1. The molecule has 2 aromatic rings. The van der Waals surface area contributed by atoms with Gasteiger partial charge in [0.05, 0.1) is 28.3 Å². The molecule has 0 aliphatic heterocycles. The molecular formula is C18H12ClN3O5. The van der Waals surface area contributed by atoms with Crippen molar-refractivity contribution >= 4 is 40.9 Å². The number of nitrogens with zero attached hydrogens (tertiary/aromatic N) is 2. The van der Waals surface area contributed by atoms with E-state index < -0.39 is 16.8 Å². The molecule has 0 heterocycles. The van der Waals surface area contributed by atoms with E-state index in [4.69, 9.17) is 11.6 Å². The van der Waals surface area contributed by atoms with Crippen molar-refractivity contribution in [3.63, 3.8) is 0 Å². The molecule has 8 nitrogen and oxygen atoms in total. The van der Waals surface area contributed by atoms with Crippen LogP contribution in [0, 0.1) is 21.4 Å². The number of nitriles is 1. The Morgan fingerprint density at radius 1 is 1.26 bits per heavy atom. The number of carbonyl (C=O) groups excluding carboxylic acids is 2. The molecule has 0 unspecified atom stereocenters. The Labute approximate surface area is 158 Å². The quantitative estimate of drug-likeness (QED) is 0.276. The number of carbonyl (C=O) groups is 2. The van der Waals surface area contributed by atoms with Crippen LogP contribution in [-0.2, 0) is 9.53 Å². The lowest BCUT2D eigenvalue weighted by atomic mass is 10.1. The minimum absolute atomic E-state index is 0.0121. The minimum Gasteiger partial charge on any atom is -0.465 e. The molecule has 0 bridgehead atoms. The van der Waals surface area contributed by atoms with E-state index >= 15 is 0 Å². The number of benzene rings is 2. The first-order valence-electron chi connectivity index (χ1n) is 7.41. The first kappa shape index (κ1) is 19.6.